The normalized spacial score (nSPS) is 11.2. The van der Waals surface area contributed by atoms with Gasteiger partial charge in [-0.1, -0.05) is 0 Å². The number of nitrogens with two attached hydrogens (primary N) is 4. The summed E-state index contributed by atoms with van der Waals surface area (Å²) in [4.78, 5) is 37.4. The van der Waals surface area contributed by atoms with E-state index in [1.54, 1.807) is 0 Å². The van der Waals surface area contributed by atoms with Crippen LogP contribution in [-0.4, -0.2) is 45.6 Å². The van der Waals surface area contributed by atoms with Crippen LogP contribution in [0, 0.1) is 40.5 Å². The van der Waals surface area contributed by atoms with Crippen LogP contribution >= 0.6 is 0 Å². The average Bonchev–Trinajstić information content (AvgIpc) is 3.03. The van der Waals surface area contributed by atoms with E-state index in [9.17, 15) is 76.6 Å². The molecule has 0 saturated carbocycles. The fourth-order valence-electron chi connectivity index (χ4n) is 3.83. The first kappa shape index (κ1) is 47.9. The molecular formula is C24H16CrN12NaO16S2. The number of nitrogen functional groups attached to an aromatic ring is 4. The Kier molecular flexibility index (Phi) is 15.8. The first-order valence-corrected chi connectivity index (χ1v) is 16.1. The molecule has 0 aliphatic heterocycles. The van der Waals surface area contributed by atoms with Gasteiger partial charge in [-0.3, -0.25) is 40.5 Å². The van der Waals surface area contributed by atoms with Crippen LogP contribution in [0.3, 0.4) is 0 Å². The van der Waals surface area contributed by atoms with E-state index in [1.807, 2.05) is 0 Å². The standard InChI is InChI=1S/2C12H10N6O8S.Cr.Na/c2*13-6-3-7(14)11(27(24,25)26)4-8(6)15-16-9-1-5(17(20)21)2-10(12(9)19)18(22)23;;/h2*1-4,19H,13-14H2,(H,24,25,26);;/q;;+3;+1/p-4. The molecule has 4 aromatic rings. The van der Waals surface area contributed by atoms with Crippen LogP contribution in [0.15, 0.2) is 78.8 Å². The third-order valence-electron chi connectivity index (χ3n) is 6.27. The largest absolute Gasteiger partial charge is 3.00 e. The van der Waals surface area contributed by atoms with Crippen molar-refractivity contribution in [1.82, 2.24) is 0 Å². The second-order valence-electron chi connectivity index (χ2n) is 9.86. The number of azo groups is 2. The van der Waals surface area contributed by atoms with Crippen LogP contribution in [0.4, 0.5) is 68.2 Å². The molecule has 0 fully saturated rings. The van der Waals surface area contributed by atoms with E-state index in [-0.39, 0.29) is 58.3 Å². The van der Waals surface area contributed by atoms with Gasteiger partial charge in [-0.05, 0) is 24.3 Å². The summed E-state index contributed by atoms with van der Waals surface area (Å²) in [5.41, 5.74) is 14.4. The maximum absolute atomic E-state index is 12.0. The first-order chi connectivity index (χ1) is 24.8. The Morgan fingerprint density at radius 1 is 0.464 bits per heavy atom. The number of nitro benzene ring substituents is 4. The summed E-state index contributed by atoms with van der Waals surface area (Å²) in [5.74, 6) is -2.53. The number of hydrogen-bond acceptors (Lipinski definition) is 24. The van der Waals surface area contributed by atoms with Crippen molar-refractivity contribution in [1.29, 1.82) is 0 Å². The van der Waals surface area contributed by atoms with Gasteiger partial charge in [0.05, 0.1) is 75.7 Å². The molecule has 56 heavy (non-hydrogen) atoms. The predicted octanol–water partition coefficient (Wildman–Crippen LogP) is -0.877. The van der Waals surface area contributed by atoms with E-state index in [1.165, 1.54) is 0 Å². The third-order valence-corrected chi connectivity index (χ3v) is 8.06. The van der Waals surface area contributed by atoms with Gasteiger partial charge in [-0.2, -0.15) is 10.2 Å². The Balaban J connectivity index is 0.000000541. The molecule has 0 unspecified atom stereocenters. The van der Waals surface area contributed by atoms with Gasteiger partial charge in [0, 0.05) is 23.6 Å². The molecule has 32 heteroatoms. The summed E-state index contributed by atoms with van der Waals surface area (Å²) in [7, 11) is -9.94. The van der Waals surface area contributed by atoms with Gasteiger partial charge in [0.25, 0.3) is 22.7 Å². The van der Waals surface area contributed by atoms with Gasteiger partial charge in [0.2, 0.25) is 0 Å². The molecule has 4 rings (SSSR count). The molecule has 0 saturated heterocycles. The second-order valence-corrected chi connectivity index (χ2v) is 12.6. The van der Waals surface area contributed by atoms with Crippen molar-refractivity contribution in [3.63, 3.8) is 0 Å². The number of nitro groups is 4. The van der Waals surface area contributed by atoms with E-state index >= 15 is 0 Å². The van der Waals surface area contributed by atoms with Crippen molar-refractivity contribution in [2.45, 2.75) is 9.79 Å². The number of non-ortho nitro benzene ring substituents is 2. The summed E-state index contributed by atoms with van der Waals surface area (Å²) >= 11 is 0. The van der Waals surface area contributed by atoms with Crippen molar-refractivity contribution in [3.05, 3.63) is 89.0 Å². The molecule has 287 valence electrons. The Morgan fingerprint density at radius 3 is 1.00 bits per heavy atom. The molecule has 4 aromatic carbocycles. The molecule has 0 aromatic heterocycles. The predicted molar refractivity (Wildman–Crippen MR) is 173 cm³/mol. The smallest absolute Gasteiger partial charge is 0.866 e. The fourth-order valence-corrected chi connectivity index (χ4v) is 5.03. The zero-order valence-electron chi connectivity index (χ0n) is 27.3. The molecule has 0 atom stereocenters. The Labute approximate surface area is 343 Å². The molecular weight excluding hydrogens is 851 g/mol. The monoisotopic (exact) mass is 867 g/mol. The first-order valence-electron chi connectivity index (χ1n) is 13.2. The molecule has 0 aliphatic rings. The van der Waals surface area contributed by atoms with E-state index in [4.69, 9.17) is 22.9 Å². The zero-order valence-corrected chi connectivity index (χ0v) is 32.2. The van der Waals surface area contributed by atoms with E-state index in [0.717, 1.165) is 12.1 Å². The molecule has 8 N–H and O–H groups in total. The van der Waals surface area contributed by atoms with E-state index in [2.05, 4.69) is 20.5 Å². The topological polar surface area (TPSA) is 487 Å². The van der Waals surface area contributed by atoms with Crippen molar-refractivity contribution < 1.29 is 103 Å². The Hall–Kier alpha value is -6.17. The van der Waals surface area contributed by atoms with Crippen molar-refractivity contribution in [3.8, 4) is 11.5 Å². The van der Waals surface area contributed by atoms with Gasteiger partial charge >= 0.3 is 46.9 Å². The number of rotatable bonds is 10. The number of nitrogens with zero attached hydrogens (tertiary/aromatic N) is 8. The summed E-state index contributed by atoms with van der Waals surface area (Å²) in [6.45, 7) is 0. The SMILES string of the molecule is Nc1cc(N)c(S(=O)(=O)[O-])cc1N=Nc1cc([N+](=O)[O-])cc([N+](=O)[O-])c1[O-].Nc1cc(N)c(S(=O)(=O)[O-])cc1N=Nc1cc([N+](=O)[O-])cc([N+](=O)[O-])c1[O-].[Cr+3].[Na+]. The maximum atomic E-state index is 12.0. The van der Waals surface area contributed by atoms with Crippen molar-refractivity contribution in [2.75, 3.05) is 22.9 Å². The molecule has 0 bridgehead atoms. The fraction of sp³-hybridized carbons (Fsp3) is 0. The second kappa shape index (κ2) is 18.4. The molecule has 0 heterocycles. The quantitative estimate of drug-likeness (QED) is 0.0375. The van der Waals surface area contributed by atoms with Crippen LogP contribution < -0.4 is 62.7 Å². The van der Waals surface area contributed by atoms with E-state index in [0.29, 0.717) is 36.4 Å². The molecule has 0 spiro atoms. The minimum absolute atomic E-state index is 0. The van der Waals surface area contributed by atoms with Crippen molar-refractivity contribution >= 4 is 88.5 Å². The van der Waals surface area contributed by atoms with Crippen molar-refractivity contribution in [2.24, 2.45) is 20.5 Å². The minimum Gasteiger partial charge on any atom is -0.866 e. The molecule has 0 aliphatic carbocycles. The summed E-state index contributed by atoms with van der Waals surface area (Å²) in [6, 6.07) is 5.39. The van der Waals surface area contributed by atoms with Crippen LogP contribution in [0.25, 0.3) is 0 Å². The van der Waals surface area contributed by atoms with Crippen LogP contribution in [0.1, 0.15) is 0 Å². The van der Waals surface area contributed by atoms with Crippen LogP contribution in [0.5, 0.6) is 11.5 Å². The zero-order chi connectivity index (χ0) is 41.0. The van der Waals surface area contributed by atoms with Crippen LogP contribution in [-0.2, 0) is 37.6 Å². The molecule has 1 radical (unpaired) electrons. The van der Waals surface area contributed by atoms with Gasteiger partial charge in [0.15, 0.2) is 0 Å². The maximum Gasteiger partial charge on any atom is 3.00 e. The number of benzene rings is 4. The van der Waals surface area contributed by atoms with Gasteiger partial charge in [-0.15, -0.1) is 10.2 Å². The number of anilines is 4. The molecule has 0 amide bonds. The Morgan fingerprint density at radius 2 is 0.750 bits per heavy atom. The third kappa shape index (κ3) is 11.4. The van der Waals surface area contributed by atoms with E-state index < -0.39 is 118 Å². The van der Waals surface area contributed by atoms with Gasteiger partial charge < -0.3 is 42.3 Å². The summed E-state index contributed by atoms with van der Waals surface area (Å²) in [6.07, 6.45) is 0. The van der Waals surface area contributed by atoms with Gasteiger partial charge in [-0.25, -0.2) is 16.8 Å². The van der Waals surface area contributed by atoms with Gasteiger partial charge in [0.1, 0.15) is 31.6 Å². The Bertz CT molecular complexity index is 2380. The summed E-state index contributed by atoms with van der Waals surface area (Å²) in [5, 5.41) is 80.9. The minimum atomic E-state index is -4.97. The average molecular weight is 868 g/mol. The molecule has 28 nitrogen and oxygen atoms in total. The number of hydrogen-bond donors (Lipinski definition) is 4. The summed E-state index contributed by atoms with van der Waals surface area (Å²) < 4.78 is 66.8. The van der Waals surface area contributed by atoms with Crippen LogP contribution in [0.2, 0.25) is 0 Å².